The Morgan fingerprint density at radius 1 is 1.56 bits per heavy atom. The molecule has 1 aliphatic rings. The van der Waals surface area contributed by atoms with Crippen LogP contribution in [0.3, 0.4) is 0 Å². The lowest BCUT2D eigenvalue weighted by Crippen LogP contribution is -2.39. The van der Waals surface area contributed by atoms with E-state index in [2.05, 4.69) is 24.5 Å². The van der Waals surface area contributed by atoms with Crippen molar-refractivity contribution in [3.63, 3.8) is 0 Å². The first-order chi connectivity index (χ1) is 7.22. The molecule has 0 radical (unpaired) electrons. The summed E-state index contributed by atoms with van der Waals surface area (Å²) >= 11 is 0. The van der Waals surface area contributed by atoms with E-state index in [9.17, 15) is 4.79 Å². The van der Waals surface area contributed by atoms with Gasteiger partial charge in [-0.15, -0.1) is 12.4 Å². The molecule has 1 unspecified atom stereocenters. The molecule has 0 aromatic carbocycles. The molecule has 16 heavy (non-hydrogen) atoms. The predicted octanol–water partition coefficient (Wildman–Crippen LogP) is 0.949. The van der Waals surface area contributed by atoms with Crippen LogP contribution in [0.5, 0.6) is 0 Å². The number of hydrogen-bond acceptors (Lipinski definition) is 3. The zero-order chi connectivity index (χ0) is 11.1. The van der Waals surface area contributed by atoms with Gasteiger partial charge in [0, 0.05) is 32.2 Å². The molecule has 2 N–H and O–H groups in total. The van der Waals surface area contributed by atoms with Gasteiger partial charge < -0.3 is 15.4 Å². The lowest BCUT2D eigenvalue weighted by atomic mass is 10.0. The highest BCUT2D eigenvalue weighted by Gasteiger charge is 2.18. The Kier molecular flexibility index (Phi) is 8.61. The number of rotatable bonds is 6. The van der Waals surface area contributed by atoms with Crippen LogP contribution in [-0.4, -0.2) is 38.3 Å². The van der Waals surface area contributed by atoms with Crippen LogP contribution in [0.1, 0.15) is 26.7 Å². The van der Waals surface area contributed by atoms with Gasteiger partial charge in [-0.1, -0.05) is 6.92 Å². The number of carbonyl (C=O) groups is 1. The van der Waals surface area contributed by atoms with Gasteiger partial charge in [0.25, 0.3) is 0 Å². The van der Waals surface area contributed by atoms with Gasteiger partial charge in [0.05, 0.1) is 0 Å². The van der Waals surface area contributed by atoms with Gasteiger partial charge in [0.1, 0.15) is 0 Å². The van der Waals surface area contributed by atoms with Crippen molar-refractivity contribution in [2.75, 3.05) is 26.3 Å². The molecular weight excluding hydrogens is 228 g/mol. The van der Waals surface area contributed by atoms with Crippen LogP contribution in [0.2, 0.25) is 0 Å². The van der Waals surface area contributed by atoms with Crippen LogP contribution in [0, 0.1) is 5.92 Å². The van der Waals surface area contributed by atoms with Crippen molar-refractivity contribution in [1.29, 1.82) is 0 Å². The summed E-state index contributed by atoms with van der Waals surface area (Å²) in [5.41, 5.74) is 0. The Labute approximate surface area is 104 Å². The smallest absolute Gasteiger partial charge is 0.220 e. The van der Waals surface area contributed by atoms with Crippen LogP contribution in [0.25, 0.3) is 0 Å². The summed E-state index contributed by atoms with van der Waals surface area (Å²) in [6.45, 7) is 7.34. The summed E-state index contributed by atoms with van der Waals surface area (Å²) in [4.78, 5) is 11.5. The molecule has 0 aromatic heterocycles. The zero-order valence-electron chi connectivity index (χ0n) is 10.1. The number of halogens is 1. The zero-order valence-corrected chi connectivity index (χ0v) is 10.9. The minimum absolute atomic E-state index is 0. The lowest BCUT2D eigenvalue weighted by molar-refractivity contribution is -0.122. The molecule has 96 valence electrons. The second-order valence-electron chi connectivity index (χ2n) is 4.20. The molecule has 1 rings (SSSR count). The molecule has 0 aliphatic carbocycles. The van der Waals surface area contributed by atoms with E-state index in [4.69, 9.17) is 4.74 Å². The average Bonchev–Trinajstić information content (AvgIpc) is 2.68. The Hall–Kier alpha value is -0.320. The largest absolute Gasteiger partial charge is 0.381 e. The summed E-state index contributed by atoms with van der Waals surface area (Å²) in [5, 5.41) is 6.19. The maximum atomic E-state index is 11.5. The number of nitrogens with one attached hydrogen (secondary N) is 2. The van der Waals surface area contributed by atoms with Crippen LogP contribution >= 0.6 is 12.4 Å². The fourth-order valence-corrected chi connectivity index (χ4v) is 1.77. The quantitative estimate of drug-likeness (QED) is 0.738. The van der Waals surface area contributed by atoms with E-state index in [-0.39, 0.29) is 18.3 Å². The summed E-state index contributed by atoms with van der Waals surface area (Å²) < 4.78 is 5.23. The van der Waals surface area contributed by atoms with E-state index in [0.29, 0.717) is 24.9 Å². The third-order valence-electron chi connectivity index (χ3n) is 2.66. The van der Waals surface area contributed by atoms with Crippen LogP contribution < -0.4 is 10.6 Å². The van der Waals surface area contributed by atoms with Gasteiger partial charge in [0.2, 0.25) is 5.91 Å². The number of likely N-dealkylation sites (N-methyl/N-ethyl adjacent to an activating group) is 1. The van der Waals surface area contributed by atoms with E-state index in [1.54, 1.807) is 0 Å². The minimum Gasteiger partial charge on any atom is -0.381 e. The summed E-state index contributed by atoms with van der Waals surface area (Å²) in [5.74, 6) is 0.578. The maximum Gasteiger partial charge on any atom is 0.220 e. The van der Waals surface area contributed by atoms with Gasteiger partial charge in [-0.05, 0) is 25.8 Å². The highest BCUT2D eigenvalue weighted by Crippen LogP contribution is 2.15. The first kappa shape index (κ1) is 15.7. The lowest BCUT2D eigenvalue weighted by Gasteiger charge is -2.14. The predicted molar refractivity (Wildman–Crippen MR) is 66.9 cm³/mol. The highest BCUT2D eigenvalue weighted by molar-refractivity contribution is 5.85. The maximum absolute atomic E-state index is 11.5. The molecular formula is C11H23ClN2O2. The Bertz CT molecular complexity index is 196. The second-order valence-corrected chi connectivity index (χ2v) is 4.20. The van der Waals surface area contributed by atoms with Crippen molar-refractivity contribution >= 4 is 18.3 Å². The van der Waals surface area contributed by atoms with Gasteiger partial charge in [0.15, 0.2) is 0 Å². The van der Waals surface area contributed by atoms with E-state index in [1.807, 2.05) is 0 Å². The summed E-state index contributed by atoms with van der Waals surface area (Å²) in [6.07, 6.45) is 1.63. The fraction of sp³-hybridized carbons (Fsp3) is 0.909. The summed E-state index contributed by atoms with van der Waals surface area (Å²) in [6, 6.07) is 0.346. The van der Waals surface area contributed by atoms with Crippen molar-refractivity contribution in [2.45, 2.75) is 32.7 Å². The highest BCUT2D eigenvalue weighted by atomic mass is 35.5. The van der Waals surface area contributed by atoms with Crippen molar-refractivity contribution in [3.05, 3.63) is 0 Å². The summed E-state index contributed by atoms with van der Waals surface area (Å²) in [7, 11) is 0. The number of carbonyl (C=O) groups excluding carboxylic acids is 1. The van der Waals surface area contributed by atoms with Crippen LogP contribution in [-0.2, 0) is 9.53 Å². The van der Waals surface area contributed by atoms with E-state index in [1.165, 1.54) is 0 Å². The van der Waals surface area contributed by atoms with E-state index >= 15 is 0 Å². The SMILES string of the molecule is CCN[C@H](C)CNC(=O)CC1CCOC1.Cl. The van der Waals surface area contributed by atoms with Crippen molar-refractivity contribution in [2.24, 2.45) is 5.92 Å². The molecule has 0 bridgehead atoms. The van der Waals surface area contributed by atoms with Gasteiger partial charge in [-0.3, -0.25) is 4.79 Å². The van der Waals surface area contributed by atoms with Crippen molar-refractivity contribution in [1.82, 2.24) is 10.6 Å². The Morgan fingerprint density at radius 2 is 2.31 bits per heavy atom. The third-order valence-corrected chi connectivity index (χ3v) is 2.66. The Balaban J connectivity index is 0.00000225. The molecule has 4 nitrogen and oxygen atoms in total. The number of hydrogen-bond donors (Lipinski definition) is 2. The molecule has 5 heteroatoms. The number of amides is 1. The van der Waals surface area contributed by atoms with Crippen LogP contribution in [0.15, 0.2) is 0 Å². The molecule has 1 heterocycles. The minimum atomic E-state index is 0. The topological polar surface area (TPSA) is 50.4 Å². The fourth-order valence-electron chi connectivity index (χ4n) is 1.77. The second kappa shape index (κ2) is 8.79. The standard InChI is InChI=1S/C11H22N2O2.ClH/c1-3-12-9(2)7-13-11(14)6-10-4-5-15-8-10;/h9-10,12H,3-8H2,1-2H3,(H,13,14);1H/t9-,10?;/m1./s1. The van der Waals surface area contributed by atoms with Crippen molar-refractivity contribution < 1.29 is 9.53 Å². The first-order valence-corrected chi connectivity index (χ1v) is 5.80. The average molecular weight is 251 g/mol. The normalized spacial score (nSPS) is 21.2. The molecule has 1 aliphatic heterocycles. The first-order valence-electron chi connectivity index (χ1n) is 5.80. The molecule has 0 spiro atoms. The van der Waals surface area contributed by atoms with E-state index < -0.39 is 0 Å². The van der Waals surface area contributed by atoms with Gasteiger partial charge in [-0.25, -0.2) is 0 Å². The monoisotopic (exact) mass is 250 g/mol. The third kappa shape index (κ3) is 6.30. The Morgan fingerprint density at radius 3 is 2.88 bits per heavy atom. The molecule has 0 saturated carbocycles. The molecule has 1 amide bonds. The van der Waals surface area contributed by atoms with E-state index in [0.717, 1.165) is 26.2 Å². The molecule has 2 atom stereocenters. The van der Waals surface area contributed by atoms with Crippen LogP contribution in [0.4, 0.5) is 0 Å². The number of ether oxygens (including phenoxy) is 1. The van der Waals surface area contributed by atoms with Gasteiger partial charge in [-0.2, -0.15) is 0 Å². The molecule has 0 aromatic rings. The molecule has 1 fully saturated rings. The van der Waals surface area contributed by atoms with Crippen molar-refractivity contribution in [3.8, 4) is 0 Å². The van der Waals surface area contributed by atoms with Gasteiger partial charge >= 0.3 is 0 Å². The molecule has 1 saturated heterocycles.